The predicted octanol–water partition coefficient (Wildman–Crippen LogP) is 1.77. The summed E-state index contributed by atoms with van der Waals surface area (Å²) >= 11 is 3.28. The molecule has 0 unspecified atom stereocenters. The number of hydrogen-bond donors (Lipinski definition) is 1. The Hall–Kier alpha value is -2.02. The van der Waals surface area contributed by atoms with Crippen LogP contribution in [0.25, 0.3) is 11.4 Å². The maximum atomic E-state index is 11.8. The Balaban J connectivity index is 2.39. The molecule has 98 valence electrons. The average Bonchev–Trinajstić information content (AvgIpc) is 2.38. The number of nitrogens with zero attached hydrogens (tertiary/aromatic N) is 2. The molecule has 2 rings (SSSR count). The molecular weight excluding hydrogens is 314 g/mol. The highest BCUT2D eigenvalue weighted by molar-refractivity contribution is 9.10. The number of carbonyl (C=O) groups excluding carboxylic acids is 1. The van der Waals surface area contributed by atoms with Crippen LogP contribution in [0, 0.1) is 0 Å². The summed E-state index contributed by atoms with van der Waals surface area (Å²) in [6.45, 7) is 1.87. The molecule has 2 heterocycles. The van der Waals surface area contributed by atoms with Gasteiger partial charge in [0.1, 0.15) is 11.4 Å². The topological polar surface area (TPSA) is 84.9 Å². The van der Waals surface area contributed by atoms with Crippen molar-refractivity contribution in [2.45, 2.75) is 6.92 Å². The highest BCUT2D eigenvalue weighted by atomic mass is 79.9. The van der Waals surface area contributed by atoms with Gasteiger partial charge in [0.15, 0.2) is 0 Å². The van der Waals surface area contributed by atoms with Crippen LogP contribution >= 0.6 is 15.9 Å². The van der Waals surface area contributed by atoms with Crippen LogP contribution in [0.2, 0.25) is 0 Å². The number of aromatic amines is 1. The standard InChI is InChI=1S/C12H10BrN3O3/c1-2-19-12(18)9-6-15-10(16-11(9)17)7-3-8(13)5-14-4-7/h3-6H,2H2,1H3,(H,15,16,17). The average molecular weight is 324 g/mol. The molecule has 19 heavy (non-hydrogen) atoms. The number of pyridine rings is 1. The number of aromatic nitrogens is 3. The number of carbonyl (C=O) groups is 1. The third kappa shape index (κ3) is 3.05. The fraction of sp³-hybridized carbons (Fsp3) is 0.167. The SMILES string of the molecule is CCOC(=O)c1cnc(-c2cncc(Br)c2)[nH]c1=O. The molecule has 1 N–H and O–H groups in total. The van der Waals surface area contributed by atoms with Gasteiger partial charge in [0.05, 0.1) is 6.61 Å². The van der Waals surface area contributed by atoms with Crippen molar-refractivity contribution in [2.75, 3.05) is 6.61 Å². The second-order valence-electron chi connectivity index (χ2n) is 3.59. The van der Waals surface area contributed by atoms with E-state index in [1.54, 1.807) is 25.4 Å². The van der Waals surface area contributed by atoms with Crippen LogP contribution < -0.4 is 5.56 Å². The number of H-pyrrole nitrogens is 1. The first-order valence-corrected chi connectivity index (χ1v) is 6.28. The number of nitrogens with one attached hydrogen (secondary N) is 1. The molecule has 0 radical (unpaired) electrons. The van der Waals surface area contributed by atoms with Gasteiger partial charge >= 0.3 is 5.97 Å². The van der Waals surface area contributed by atoms with Crippen molar-refractivity contribution in [1.82, 2.24) is 15.0 Å². The smallest absolute Gasteiger partial charge is 0.345 e. The first-order chi connectivity index (χ1) is 9.11. The molecule has 0 spiro atoms. The highest BCUT2D eigenvalue weighted by Crippen LogP contribution is 2.17. The van der Waals surface area contributed by atoms with Crippen molar-refractivity contribution in [3.63, 3.8) is 0 Å². The lowest BCUT2D eigenvalue weighted by Gasteiger charge is -2.03. The molecule has 7 heteroatoms. The van der Waals surface area contributed by atoms with Gasteiger partial charge in [-0.05, 0) is 28.9 Å². The summed E-state index contributed by atoms with van der Waals surface area (Å²) in [6, 6.07) is 1.76. The molecule has 0 aliphatic rings. The summed E-state index contributed by atoms with van der Waals surface area (Å²) in [5, 5.41) is 0. The molecule has 6 nitrogen and oxygen atoms in total. The number of halogens is 1. The summed E-state index contributed by atoms with van der Waals surface area (Å²) < 4.78 is 5.52. The fourth-order valence-corrected chi connectivity index (χ4v) is 1.80. The van der Waals surface area contributed by atoms with Crippen molar-refractivity contribution in [3.05, 3.63) is 45.0 Å². The Labute approximate surface area is 117 Å². The zero-order valence-corrected chi connectivity index (χ0v) is 11.6. The van der Waals surface area contributed by atoms with Gasteiger partial charge in [-0.1, -0.05) is 0 Å². The highest BCUT2D eigenvalue weighted by Gasteiger charge is 2.13. The van der Waals surface area contributed by atoms with Crippen LogP contribution in [-0.4, -0.2) is 27.5 Å². The lowest BCUT2D eigenvalue weighted by molar-refractivity contribution is 0.0524. The molecule has 0 saturated heterocycles. The van der Waals surface area contributed by atoms with Crippen LogP contribution in [0.4, 0.5) is 0 Å². The minimum absolute atomic E-state index is 0.117. The molecular formula is C12H10BrN3O3. The minimum atomic E-state index is -0.685. The van der Waals surface area contributed by atoms with Gasteiger partial charge in [0.2, 0.25) is 0 Å². The Morgan fingerprint density at radius 2 is 2.21 bits per heavy atom. The van der Waals surface area contributed by atoms with Crippen molar-refractivity contribution in [1.29, 1.82) is 0 Å². The van der Waals surface area contributed by atoms with E-state index in [1.807, 2.05) is 0 Å². The van der Waals surface area contributed by atoms with E-state index in [0.29, 0.717) is 11.4 Å². The van der Waals surface area contributed by atoms with Gasteiger partial charge < -0.3 is 9.72 Å². The lowest BCUT2D eigenvalue weighted by Crippen LogP contribution is -2.21. The molecule has 0 amide bonds. The summed E-state index contributed by atoms with van der Waals surface area (Å²) in [5.74, 6) is -0.345. The summed E-state index contributed by atoms with van der Waals surface area (Å²) in [5.41, 5.74) is -0.0149. The van der Waals surface area contributed by atoms with Crippen LogP contribution in [0.1, 0.15) is 17.3 Å². The third-order valence-electron chi connectivity index (χ3n) is 2.27. The molecule has 0 fully saturated rings. The van der Waals surface area contributed by atoms with Crippen molar-refractivity contribution in [3.8, 4) is 11.4 Å². The third-order valence-corrected chi connectivity index (χ3v) is 2.71. The fourth-order valence-electron chi connectivity index (χ4n) is 1.44. The zero-order chi connectivity index (χ0) is 13.8. The second-order valence-corrected chi connectivity index (χ2v) is 4.50. The van der Waals surface area contributed by atoms with E-state index in [2.05, 4.69) is 30.9 Å². The van der Waals surface area contributed by atoms with Gasteiger partial charge in [-0.3, -0.25) is 9.78 Å². The molecule has 2 aromatic heterocycles. The molecule has 0 atom stereocenters. The molecule has 0 saturated carbocycles. The molecule has 0 aliphatic carbocycles. The monoisotopic (exact) mass is 323 g/mol. The Morgan fingerprint density at radius 3 is 2.84 bits per heavy atom. The van der Waals surface area contributed by atoms with Crippen molar-refractivity contribution >= 4 is 21.9 Å². The number of esters is 1. The molecule has 0 aliphatic heterocycles. The second kappa shape index (κ2) is 5.75. The number of hydrogen-bond acceptors (Lipinski definition) is 5. The largest absolute Gasteiger partial charge is 0.462 e. The number of ether oxygens (including phenoxy) is 1. The summed E-state index contributed by atoms with van der Waals surface area (Å²) in [4.78, 5) is 33.8. The van der Waals surface area contributed by atoms with Crippen LogP contribution in [0.5, 0.6) is 0 Å². The van der Waals surface area contributed by atoms with Gasteiger partial charge in [0.25, 0.3) is 5.56 Å². The van der Waals surface area contributed by atoms with Crippen LogP contribution in [-0.2, 0) is 4.74 Å². The van der Waals surface area contributed by atoms with Gasteiger partial charge in [-0.15, -0.1) is 0 Å². The van der Waals surface area contributed by atoms with Gasteiger partial charge in [0, 0.05) is 28.6 Å². The first kappa shape index (κ1) is 13.4. The van der Waals surface area contributed by atoms with E-state index in [0.717, 1.165) is 4.47 Å². The van der Waals surface area contributed by atoms with Crippen LogP contribution in [0.15, 0.2) is 33.9 Å². The molecule has 2 aromatic rings. The minimum Gasteiger partial charge on any atom is -0.462 e. The zero-order valence-electron chi connectivity index (χ0n) is 10.0. The maximum absolute atomic E-state index is 11.8. The van der Waals surface area contributed by atoms with E-state index in [4.69, 9.17) is 4.74 Å². The van der Waals surface area contributed by atoms with Gasteiger partial charge in [-0.25, -0.2) is 9.78 Å². The Morgan fingerprint density at radius 1 is 1.42 bits per heavy atom. The Kier molecular flexibility index (Phi) is 4.06. The maximum Gasteiger partial charge on any atom is 0.345 e. The Bertz CT molecular complexity index is 669. The van der Waals surface area contributed by atoms with E-state index < -0.39 is 11.5 Å². The molecule has 0 bridgehead atoms. The predicted molar refractivity (Wildman–Crippen MR) is 71.7 cm³/mol. The molecule has 0 aromatic carbocycles. The van der Waals surface area contributed by atoms with Crippen LogP contribution in [0.3, 0.4) is 0 Å². The summed E-state index contributed by atoms with van der Waals surface area (Å²) in [7, 11) is 0. The van der Waals surface area contributed by atoms with Crippen molar-refractivity contribution in [2.24, 2.45) is 0 Å². The van der Waals surface area contributed by atoms with E-state index in [-0.39, 0.29) is 12.2 Å². The first-order valence-electron chi connectivity index (χ1n) is 5.49. The lowest BCUT2D eigenvalue weighted by atomic mass is 10.2. The normalized spacial score (nSPS) is 10.2. The summed E-state index contributed by atoms with van der Waals surface area (Å²) in [6.07, 6.45) is 4.38. The number of rotatable bonds is 3. The van der Waals surface area contributed by atoms with E-state index in [9.17, 15) is 9.59 Å². The van der Waals surface area contributed by atoms with Gasteiger partial charge in [-0.2, -0.15) is 0 Å². The van der Waals surface area contributed by atoms with E-state index in [1.165, 1.54) is 6.20 Å². The van der Waals surface area contributed by atoms with E-state index >= 15 is 0 Å². The quantitative estimate of drug-likeness (QED) is 0.870. The van der Waals surface area contributed by atoms with Crippen molar-refractivity contribution < 1.29 is 9.53 Å².